The smallest absolute Gasteiger partial charge is 0.280 e. The lowest BCUT2D eigenvalue weighted by Gasteiger charge is -2.28. The quantitative estimate of drug-likeness (QED) is 0.518. The number of para-hydroxylation sites is 2. The number of hydrogen-bond donors (Lipinski definition) is 0. The second-order valence-electron chi connectivity index (χ2n) is 8.77. The summed E-state index contributed by atoms with van der Waals surface area (Å²) in [6.07, 6.45) is 3.36. The Labute approximate surface area is 172 Å². The molecule has 1 aliphatic heterocycles. The highest BCUT2D eigenvalue weighted by molar-refractivity contribution is 5.83. The standard InChI is InChI=1S/C22H23N5O3/c1-12-13(2)16(12)20-24-19(25-30-20)17-18-21(28)27(22(3)9-6-10-29-22)15-8-5-4-7-14(15)26(18)11-23-17/h4-5,7-8,11-13,16H,6,9-10H2,1-3H3. The second-order valence-corrected chi connectivity index (χ2v) is 8.77. The summed E-state index contributed by atoms with van der Waals surface area (Å²) in [4.78, 5) is 22.9. The maximum Gasteiger partial charge on any atom is 0.280 e. The summed E-state index contributed by atoms with van der Waals surface area (Å²) in [6.45, 7) is 6.97. The molecule has 0 amide bonds. The second kappa shape index (κ2) is 6.01. The van der Waals surface area contributed by atoms with Crippen molar-refractivity contribution in [3.8, 4) is 11.5 Å². The van der Waals surface area contributed by atoms with Crippen molar-refractivity contribution in [3.63, 3.8) is 0 Å². The first-order chi connectivity index (χ1) is 14.5. The van der Waals surface area contributed by atoms with Crippen LogP contribution >= 0.6 is 0 Å². The van der Waals surface area contributed by atoms with Gasteiger partial charge >= 0.3 is 0 Å². The molecule has 1 aromatic carbocycles. The highest BCUT2D eigenvalue weighted by Gasteiger charge is 2.48. The van der Waals surface area contributed by atoms with Gasteiger partial charge in [-0.05, 0) is 43.7 Å². The monoisotopic (exact) mass is 405 g/mol. The molecule has 3 atom stereocenters. The van der Waals surface area contributed by atoms with E-state index >= 15 is 0 Å². The van der Waals surface area contributed by atoms with E-state index in [4.69, 9.17) is 9.26 Å². The number of aromatic nitrogens is 5. The molecule has 4 aromatic rings. The van der Waals surface area contributed by atoms with Gasteiger partial charge in [0.1, 0.15) is 23.3 Å². The van der Waals surface area contributed by atoms with Crippen molar-refractivity contribution in [2.45, 2.75) is 45.3 Å². The van der Waals surface area contributed by atoms with Gasteiger partial charge in [0.25, 0.3) is 5.56 Å². The summed E-state index contributed by atoms with van der Waals surface area (Å²) in [5, 5.41) is 4.16. The van der Waals surface area contributed by atoms with Gasteiger partial charge in [-0.25, -0.2) is 4.98 Å². The number of ether oxygens (including phenoxy) is 1. The molecule has 1 saturated heterocycles. The van der Waals surface area contributed by atoms with E-state index in [9.17, 15) is 4.79 Å². The zero-order valence-electron chi connectivity index (χ0n) is 17.2. The Balaban J connectivity index is 1.61. The molecule has 2 aliphatic rings. The number of benzene rings is 1. The Hall–Kier alpha value is -3.00. The average molecular weight is 405 g/mol. The van der Waals surface area contributed by atoms with Crippen LogP contribution in [0.3, 0.4) is 0 Å². The van der Waals surface area contributed by atoms with Gasteiger partial charge in [-0.2, -0.15) is 4.98 Å². The molecular weight excluding hydrogens is 382 g/mol. The first-order valence-electron chi connectivity index (χ1n) is 10.5. The van der Waals surface area contributed by atoms with Crippen molar-refractivity contribution in [1.29, 1.82) is 0 Å². The maximum absolute atomic E-state index is 13.8. The minimum atomic E-state index is -0.693. The van der Waals surface area contributed by atoms with Gasteiger partial charge in [0, 0.05) is 12.5 Å². The van der Waals surface area contributed by atoms with Gasteiger partial charge in [0.05, 0.1) is 11.0 Å². The molecule has 8 heteroatoms. The molecule has 1 saturated carbocycles. The molecule has 1 aliphatic carbocycles. The molecule has 30 heavy (non-hydrogen) atoms. The Morgan fingerprint density at radius 3 is 2.63 bits per heavy atom. The van der Waals surface area contributed by atoms with Gasteiger partial charge in [0.15, 0.2) is 0 Å². The number of hydrogen-bond acceptors (Lipinski definition) is 6. The van der Waals surface area contributed by atoms with Crippen LogP contribution in [0.2, 0.25) is 0 Å². The SMILES string of the molecule is CC1C(C)C1c1nc(-c2ncn3c2c(=O)n(C2(C)CCCO2)c2ccccc23)no1. The summed E-state index contributed by atoms with van der Waals surface area (Å²) in [5.74, 6) is 2.31. The summed E-state index contributed by atoms with van der Waals surface area (Å²) < 4.78 is 15.2. The van der Waals surface area contributed by atoms with Crippen LogP contribution < -0.4 is 5.56 Å². The molecular formula is C22H23N5O3. The number of imidazole rings is 1. The van der Waals surface area contributed by atoms with Crippen molar-refractivity contribution in [2.24, 2.45) is 11.8 Å². The van der Waals surface area contributed by atoms with Gasteiger partial charge < -0.3 is 9.26 Å². The van der Waals surface area contributed by atoms with Crippen LogP contribution in [-0.2, 0) is 10.5 Å². The first-order valence-corrected chi connectivity index (χ1v) is 10.5. The highest BCUT2D eigenvalue weighted by Crippen LogP contribution is 2.52. The molecule has 4 heterocycles. The molecule has 8 nitrogen and oxygen atoms in total. The van der Waals surface area contributed by atoms with Crippen molar-refractivity contribution in [2.75, 3.05) is 6.61 Å². The minimum absolute atomic E-state index is 0.162. The number of fused-ring (bicyclic) bond motifs is 3. The lowest BCUT2D eigenvalue weighted by atomic mass is 10.1. The molecule has 6 rings (SSSR count). The topological polar surface area (TPSA) is 87.5 Å². The van der Waals surface area contributed by atoms with Crippen LogP contribution in [0.5, 0.6) is 0 Å². The van der Waals surface area contributed by atoms with Crippen molar-refractivity contribution >= 4 is 16.6 Å². The molecule has 3 aromatic heterocycles. The first kappa shape index (κ1) is 17.8. The fourth-order valence-electron chi connectivity index (χ4n) is 4.96. The van der Waals surface area contributed by atoms with Crippen molar-refractivity contribution in [1.82, 2.24) is 24.1 Å². The van der Waals surface area contributed by atoms with E-state index in [1.165, 1.54) is 0 Å². The Morgan fingerprint density at radius 2 is 1.93 bits per heavy atom. The lowest BCUT2D eigenvalue weighted by molar-refractivity contribution is -0.0447. The van der Waals surface area contributed by atoms with E-state index in [-0.39, 0.29) is 11.5 Å². The van der Waals surface area contributed by atoms with Crippen LogP contribution in [0.1, 0.15) is 45.4 Å². The van der Waals surface area contributed by atoms with Crippen LogP contribution in [0, 0.1) is 11.8 Å². The predicted octanol–water partition coefficient (Wildman–Crippen LogP) is 3.55. The lowest BCUT2D eigenvalue weighted by Crippen LogP contribution is -2.39. The average Bonchev–Trinajstić information content (AvgIpc) is 3.27. The third-order valence-corrected chi connectivity index (χ3v) is 6.99. The molecule has 0 spiro atoms. The van der Waals surface area contributed by atoms with Crippen molar-refractivity contribution < 1.29 is 9.26 Å². The summed E-state index contributed by atoms with van der Waals surface area (Å²) >= 11 is 0. The summed E-state index contributed by atoms with van der Waals surface area (Å²) in [5.41, 5.74) is 1.73. The van der Waals surface area contributed by atoms with Crippen LogP contribution in [0.25, 0.3) is 28.1 Å². The Morgan fingerprint density at radius 1 is 1.17 bits per heavy atom. The van der Waals surface area contributed by atoms with Crippen LogP contribution in [0.4, 0.5) is 0 Å². The van der Waals surface area contributed by atoms with Gasteiger partial charge in [0.2, 0.25) is 11.7 Å². The Kier molecular flexibility index (Phi) is 3.57. The molecule has 0 N–H and O–H groups in total. The van der Waals surface area contributed by atoms with E-state index in [2.05, 4.69) is 29.0 Å². The molecule has 2 fully saturated rings. The van der Waals surface area contributed by atoms with Gasteiger partial charge in [-0.15, -0.1) is 0 Å². The van der Waals surface area contributed by atoms with Crippen molar-refractivity contribution in [3.05, 3.63) is 46.8 Å². The fourth-order valence-corrected chi connectivity index (χ4v) is 4.96. The third-order valence-electron chi connectivity index (χ3n) is 6.99. The summed E-state index contributed by atoms with van der Waals surface area (Å²) in [6, 6.07) is 7.82. The largest absolute Gasteiger partial charge is 0.355 e. The minimum Gasteiger partial charge on any atom is -0.355 e. The van der Waals surface area contributed by atoms with E-state index in [1.807, 2.05) is 35.6 Å². The molecule has 3 unspecified atom stereocenters. The molecule has 0 bridgehead atoms. The van der Waals surface area contributed by atoms with Gasteiger partial charge in [-0.3, -0.25) is 13.8 Å². The number of rotatable bonds is 3. The summed E-state index contributed by atoms with van der Waals surface area (Å²) in [7, 11) is 0. The Bertz CT molecular complexity index is 1340. The zero-order chi connectivity index (χ0) is 20.6. The predicted molar refractivity (Wildman–Crippen MR) is 110 cm³/mol. The van der Waals surface area contributed by atoms with E-state index in [0.717, 1.165) is 23.9 Å². The number of nitrogens with zero attached hydrogens (tertiary/aromatic N) is 5. The molecule has 154 valence electrons. The van der Waals surface area contributed by atoms with Gasteiger partial charge in [-0.1, -0.05) is 31.1 Å². The fraction of sp³-hybridized carbons (Fsp3) is 0.455. The van der Waals surface area contributed by atoms with Crippen LogP contribution in [-0.4, -0.2) is 30.7 Å². The van der Waals surface area contributed by atoms with E-state index in [1.54, 1.807) is 10.9 Å². The highest BCUT2D eigenvalue weighted by atomic mass is 16.5. The normalized spacial score (nSPS) is 28.6. The van der Waals surface area contributed by atoms with E-state index < -0.39 is 5.72 Å². The maximum atomic E-state index is 13.8. The third kappa shape index (κ3) is 2.31. The van der Waals surface area contributed by atoms with Crippen LogP contribution in [0.15, 0.2) is 39.9 Å². The zero-order valence-corrected chi connectivity index (χ0v) is 17.2. The van der Waals surface area contributed by atoms with E-state index in [0.29, 0.717) is 41.4 Å². The molecule has 0 radical (unpaired) electrons.